The van der Waals surface area contributed by atoms with Crippen molar-refractivity contribution in [3.8, 4) is 5.88 Å². The molecule has 0 radical (unpaired) electrons. The second-order valence-corrected chi connectivity index (χ2v) is 4.73. The van der Waals surface area contributed by atoms with Crippen LogP contribution in [0.25, 0.3) is 0 Å². The number of hydrogen-bond donors (Lipinski definition) is 1. The van der Waals surface area contributed by atoms with Gasteiger partial charge in [0.1, 0.15) is 6.61 Å². The van der Waals surface area contributed by atoms with E-state index >= 15 is 0 Å². The molecule has 82 valence electrons. The predicted octanol–water partition coefficient (Wildman–Crippen LogP) is 2.28. The standard InChI is InChI=1S/C11H15BrN2O/c1-8-5-11(14-6-10(8)12)15-7-9-3-2-4-13-9/h5-6,9,13H,2-4,7H2,1H3. The molecule has 1 aliphatic rings. The number of aromatic nitrogens is 1. The van der Waals surface area contributed by atoms with Gasteiger partial charge in [-0.25, -0.2) is 4.98 Å². The summed E-state index contributed by atoms with van der Waals surface area (Å²) in [6, 6.07) is 2.45. The van der Waals surface area contributed by atoms with Gasteiger partial charge >= 0.3 is 0 Å². The fourth-order valence-corrected chi connectivity index (χ4v) is 1.89. The molecule has 1 fully saturated rings. The van der Waals surface area contributed by atoms with E-state index in [1.165, 1.54) is 12.8 Å². The highest BCUT2D eigenvalue weighted by Gasteiger charge is 2.14. The molecule has 2 rings (SSSR count). The normalized spacial score (nSPS) is 20.5. The van der Waals surface area contributed by atoms with Crippen LogP contribution in [0, 0.1) is 6.92 Å². The van der Waals surface area contributed by atoms with E-state index in [2.05, 4.69) is 26.2 Å². The summed E-state index contributed by atoms with van der Waals surface area (Å²) < 4.78 is 6.65. The maximum Gasteiger partial charge on any atom is 0.213 e. The van der Waals surface area contributed by atoms with Crippen LogP contribution in [0.5, 0.6) is 5.88 Å². The summed E-state index contributed by atoms with van der Waals surface area (Å²) in [5, 5.41) is 3.39. The molecule has 1 atom stereocenters. The van der Waals surface area contributed by atoms with Crippen LogP contribution in [-0.2, 0) is 0 Å². The largest absolute Gasteiger partial charge is 0.476 e. The Morgan fingerprint density at radius 1 is 1.67 bits per heavy atom. The molecule has 0 aromatic carbocycles. The van der Waals surface area contributed by atoms with Gasteiger partial charge in [0.25, 0.3) is 0 Å². The van der Waals surface area contributed by atoms with Crippen molar-refractivity contribution in [3.05, 3.63) is 22.3 Å². The van der Waals surface area contributed by atoms with E-state index in [0.717, 1.165) is 16.6 Å². The summed E-state index contributed by atoms with van der Waals surface area (Å²) in [6.07, 6.45) is 4.24. The second kappa shape index (κ2) is 4.94. The zero-order valence-corrected chi connectivity index (χ0v) is 10.4. The van der Waals surface area contributed by atoms with E-state index in [9.17, 15) is 0 Å². The molecule has 1 N–H and O–H groups in total. The summed E-state index contributed by atoms with van der Waals surface area (Å²) in [7, 11) is 0. The second-order valence-electron chi connectivity index (χ2n) is 3.88. The van der Waals surface area contributed by atoms with Gasteiger partial charge in [-0.05, 0) is 47.8 Å². The van der Waals surface area contributed by atoms with Gasteiger partial charge in [-0.3, -0.25) is 0 Å². The van der Waals surface area contributed by atoms with Crippen LogP contribution in [-0.4, -0.2) is 24.2 Å². The van der Waals surface area contributed by atoms with Crippen molar-refractivity contribution in [2.24, 2.45) is 0 Å². The summed E-state index contributed by atoms with van der Waals surface area (Å²) in [4.78, 5) is 4.20. The molecule has 1 saturated heterocycles. The van der Waals surface area contributed by atoms with Crippen LogP contribution in [0.3, 0.4) is 0 Å². The number of ether oxygens (including phenoxy) is 1. The van der Waals surface area contributed by atoms with Gasteiger partial charge in [0, 0.05) is 22.8 Å². The fourth-order valence-electron chi connectivity index (χ4n) is 1.68. The number of rotatable bonds is 3. The van der Waals surface area contributed by atoms with Gasteiger partial charge < -0.3 is 10.1 Å². The van der Waals surface area contributed by atoms with E-state index in [0.29, 0.717) is 18.5 Å². The van der Waals surface area contributed by atoms with Crippen LogP contribution in [0.4, 0.5) is 0 Å². The van der Waals surface area contributed by atoms with Crippen LogP contribution >= 0.6 is 15.9 Å². The Bertz CT molecular complexity index is 337. The minimum absolute atomic E-state index is 0.496. The zero-order chi connectivity index (χ0) is 10.7. The summed E-state index contributed by atoms with van der Waals surface area (Å²) in [5.41, 5.74) is 1.15. The Kier molecular flexibility index (Phi) is 3.59. The SMILES string of the molecule is Cc1cc(OCC2CCCN2)ncc1Br. The first-order chi connectivity index (χ1) is 7.25. The van der Waals surface area contributed by atoms with Gasteiger partial charge in [-0.1, -0.05) is 0 Å². The molecule has 1 unspecified atom stereocenters. The van der Waals surface area contributed by atoms with E-state index in [1.54, 1.807) is 6.20 Å². The zero-order valence-electron chi connectivity index (χ0n) is 8.79. The first kappa shape index (κ1) is 10.9. The lowest BCUT2D eigenvalue weighted by atomic mass is 10.2. The molecule has 1 aromatic rings. The van der Waals surface area contributed by atoms with E-state index in [4.69, 9.17) is 4.74 Å². The van der Waals surface area contributed by atoms with Gasteiger partial charge in [0.2, 0.25) is 5.88 Å². The lowest BCUT2D eigenvalue weighted by Crippen LogP contribution is -2.28. The van der Waals surface area contributed by atoms with Crippen LogP contribution in [0.15, 0.2) is 16.7 Å². The Morgan fingerprint density at radius 2 is 2.53 bits per heavy atom. The molecule has 3 nitrogen and oxygen atoms in total. The van der Waals surface area contributed by atoms with Gasteiger partial charge in [0.15, 0.2) is 0 Å². The monoisotopic (exact) mass is 270 g/mol. The number of nitrogens with one attached hydrogen (secondary N) is 1. The van der Waals surface area contributed by atoms with Crippen LogP contribution in [0.1, 0.15) is 18.4 Å². The van der Waals surface area contributed by atoms with Crippen molar-refractivity contribution in [3.63, 3.8) is 0 Å². The maximum atomic E-state index is 5.63. The average molecular weight is 271 g/mol. The van der Waals surface area contributed by atoms with Crippen LogP contribution in [0.2, 0.25) is 0 Å². The summed E-state index contributed by atoms with van der Waals surface area (Å²) in [6.45, 7) is 3.86. The Morgan fingerprint density at radius 3 is 3.20 bits per heavy atom. The first-order valence-electron chi connectivity index (χ1n) is 5.24. The molecular formula is C11H15BrN2O. The van der Waals surface area contributed by atoms with Gasteiger partial charge in [-0.2, -0.15) is 0 Å². The van der Waals surface area contributed by atoms with E-state index in [-0.39, 0.29) is 0 Å². The van der Waals surface area contributed by atoms with Crippen molar-refractivity contribution in [2.45, 2.75) is 25.8 Å². The third kappa shape index (κ3) is 2.92. The summed E-state index contributed by atoms with van der Waals surface area (Å²) >= 11 is 3.42. The molecule has 1 aliphatic heterocycles. The maximum absolute atomic E-state index is 5.63. The minimum Gasteiger partial charge on any atom is -0.476 e. The number of pyridine rings is 1. The molecule has 0 amide bonds. The van der Waals surface area contributed by atoms with Crippen molar-refractivity contribution >= 4 is 15.9 Å². The van der Waals surface area contributed by atoms with Crippen molar-refractivity contribution in [2.75, 3.05) is 13.2 Å². The van der Waals surface area contributed by atoms with Crippen molar-refractivity contribution < 1.29 is 4.74 Å². The first-order valence-corrected chi connectivity index (χ1v) is 6.03. The molecule has 2 heterocycles. The van der Waals surface area contributed by atoms with E-state index in [1.807, 2.05) is 13.0 Å². The lowest BCUT2D eigenvalue weighted by molar-refractivity contribution is 0.267. The average Bonchev–Trinajstić information content (AvgIpc) is 2.73. The number of hydrogen-bond acceptors (Lipinski definition) is 3. The Labute approximate surface area is 98.4 Å². The molecular weight excluding hydrogens is 256 g/mol. The molecule has 1 aromatic heterocycles. The van der Waals surface area contributed by atoms with Crippen LogP contribution < -0.4 is 10.1 Å². The third-order valence-corrected chi connectivity index (χ3v) is 3.45. The quantitative estimate of drug-likeness (QED) is 0.915. The Balaban J connectivity index is 1.90. The number of aryl methyl sites for hydroxylation is 1. The molecule has 4 heteroatoms. The lowest BCUT2D eigenvalue weighted by Gasteiger charge is -2.11. The molecule has 15 heavy (non-hydrogen) atoms. The molecule has 0 bridgehead atoms. The Hall–Kier alpha value is -0.610. The smallest absolute Gasteiger partial charge is 0.213 e. The molecule has 0 aliphatic carbocycles. The number of halogens is 1. The van der Waals surface area contributed by atoms with Crippen molar-refractivity contribution in [1.82, 2.24) is 10.3 Å². The molecule has 0 saturated carbocycles. The third-order valence-electron chi connectivity index (χ3n) is 2.62. The highest BCUT2D eigenvalue weighted by atomic mass is 79.9. The highest BCUT2D eigenvalue weighted by molar-refractivity contribution is 9.10. The van der Waals surface area contributed by atoms with Gasteiger partial charge in [0.05, 0.1) is 0 Å². The van der Waals surface area contributed by atoms with Crippen molar-refractivity contribution in [1.29, 1.82) is 0 Å². The minimum atomic E-state index is 0.496. The van der Waals surface area contributed by atoms with Gasteiger partial charge in [-0.15, -0.1) is 0 Å². The number of nitrogens with zero attached hydrogens (tertiary/aromatic N) is 1. The van der Waals surface area contributed by atoms with E-state index < -0.39 is 0 Å². The highest BCUT2D eigenvalue weighted by Crippen LogP contribution is 2.19. The summed E-state index contributed by atoms with van der Waals surface area (Å²) in [5.74, 6) is 0.712. The predicted molar refractivity (Wildman–Crippen MR) is 63.2 cm³/mol. The fraction of sp³-hybridized carbons (Fsp3) is 0.545. The topological polar surface area (TPSA) is 34.1 Å². The molecule has 0 spiro atoms.